The van der Waals surface area contributed by atoms with Crippen molar-refractivity contribution in [1.29, 1.82) is 0 Å². The lowest BCUT2D eigenvalue weighted by atomic mass is 10.1. The Morgan fingerprint density at radius 3 is 2.35 bits per heavy atom. The predicted octanol–water partition coefficient (Wildman–Crippen LogP) is 0.268. The highest BCUT2D eigenvalue weighted by atomic mass is 16.5. The number of ether oxygens (including phenoxy) is 2. The largest absolute Gasteiger partial charge is 0.497 e. The van der Waals surface area contributed by atoms with Crippen molar-refractivity contribution >= 4 is 11.9 Å². The van der Waals surface area contributed by atoms with Crippen molar-refractivity contribution in [3.05, 3.63) is 23.8 Å². The van der Waals surface area contributed by atoms with Crippen molar-refractivity contribution in [3.8, 4) is 11.5 Å². The second kappa shape index (κ2) is 6.76. The zero-order valence-electron chi connectivity index (χ0n) is 11.4. The maximum Gasteiger partial charge on any atom is 0.328 e. The Kier molecular flexibility index (Phi) is 5.33. The van der Waals surface area contributed by atoms with Gasteiger partial charge in [0, 0.05) is 0 Å². The molecule has 0 heterocycles. The van der Waals surface area contributed by atoms with Gasteiger partial charge < -0.3 is 25.0 Å². The average Bonchev–Trinajstić information content (AvgIpc) is 2.42. The topological polar surface area (TPSA) is 105 Å². The number of nitrogens with one attached hydrogen (secondary N) is 1. The molecular formula is C13H17NO6. The van der Waals surface area contributed by atoms with Gasteiger partial charge in [-0.2, -0.15) is 0 Å². The van der Waals surface area contributed by atoms with E-state index in [1.807, 2.05) is 0 Å². The van der Waals surface area contributed by atoms with Crippen LogP contribution in [0.15, 0.2) is 18.2 Å². The standard InChI is InChI=1S/C13H17NO6/c1-7(15)11(13(17)18)14-12(16)9-6-8(19-2)4-5-10(9)20-3/h4-7,11,15H,1-3H3,(H,14,16)(H,17,18)/t7-,11+/m1/s1. The molecule has 7 nitrogen and oxygen atoms in total. The number of methoxy groups -OCH3 is 2. The van der Waals surface area contributed by atoms with Gasteiger partial charge in [-0.15, -0.1) is 0 Å². The van der Waals surface area contributed by atoms with Gasteiger partial charge in [-0.05, 0) is 25.1 Å². The summed E-state index contributed by atoms with van der Waals surface area (Å²) in [7, 11) is 2.83. The summed E-state index contributed by atoms with van der Waals surface area (Å²) in [6, 6.07) is 3.17. The summed E-state index contributed by atoms with van der Waals surface area (Å²) in [5.41, 5.74) is 0.124. The molecule has 0 saturated heterocycles. The van der Waals surface area contributed by atoms with Crippen molar-refractivity contribution in [2.24, 2.45) is 0 Å². The molecule has 0 radical (unpaired) electrons. The number of hydrogen-bond donors (Lipinski definition) is 3. The zero-order chi connectivity index (χ0) is 15.3. The fraction of sp³-hybridized carbons (Fsp3) is 0.385. The summed E-state index contributed by atoms with van der Waals surface area (Å²) in [5, 5.41) is 20.5. The molecule has 0 aliphatic rings. The number of hydrogen-bond acceptors (Lipinski definition) is 5. The monoisotopic (exact) mass is 283 g/mol. The molecule has 1 aromatic carbocycles. The van der Waals surface area contributed by atoms with E-state index in [9.17, 15) is 14.7 Å². The number of carboxylic acid groups (broad SMARTS) is 1. The van der Waals surface area contributed by atoms with E-state index in [-0.39, 0.29) is 11.3 Å². The maximum absolute atomic E-state index is 12.1. The molecule has 0 unspecified atom stereocenters. The first-order valence-electron chi connectivity index (χ1n) is 5.84. The molecule has 0 bridgehead atoms. The summed E-state index contributed by atoms with van der Waals surface area (Å²) in [5.74, 6) is -1.29. The molecule has 0 fully saturated rings. The lowest BCUT2D eigenvalue weighted by Gasteiger charge is -2.18. The first-order valence-corrected chi connectivity index (χ1v) is 5.84. The van der Waals surface area contributed by atoms with Gasteiger partial charge in [0.05, 0.1) is 25.9 Å². The van der Waals surface area contributed by atoms with Gasteiger partial charge in [0.2, 0.25) is 0 Å². The second-order valence-electron chi connectivity index (χ2n) is 4.10. The second-order valence-corrected chi connectivity index (χ2v) is 4.10. The molecule has 3 N–H and O–H groups in total. The predicted molar refractivity (Wildman–Crippen MR) is 70.1 cm³/mol. The van der Waals surface area contributed by atoms with E-state index < -0.39 is 24.0 Å². The van der Waals surface area contributed by atoms with Gasteiger partial charge in [-0.1, -0.05) is 0 Å². The molecule has 0 spiro atoms. The first kappa shape index (κ1) is 15.8. The van der Waals surface area contributed by atoms with Crippen molar-refractivity contribution in [1.82, 2.24) is 5.32 Å². The number of rotatable bonds is 6. The average molecular weight is 283 g/mol. The minimum absolute atomic E-state index is 0.124. The molecule has 0 aliphatic heterocycles. The Hall–Kier alpha value is -2.28. The zero-order valence-corrected chi connectivity index (χ0v) is 11.4. The van der Waals surface area contributed by atoms with E-state index in [4.69, 9.17) is 14.6 Å². The van der Waals surface area contributed by atoms with E-state index in [2.05, 4.69) is 5.32 Å². The van der Waals surface area contributed by atoms with Crippen LogP contribution < -0.4 is 14.8 Å². The van der Waals surface area contributed by atoms with Crippen molar-refractivity contribution < 1.29 is 29.3 Å². The molecule has 0 aliphatic carbocycles. The van der Waals surface area contributed by atoms with Gasteiger partial charge in [-0.3, -0.25) is 4.79 Å². The Balaban J connectivity index is 3.04. The third-order valence-electron chi connectivity index (χ3n) is 2.69. The number of carbonyl (C=O) groups excluding carboxylic acids is 1. The molecule has 2 atom stereocenters. The molecule has 110 valence electrons. The molecule has 0 saturated carbocycles. The van der Waals surface area contributed by atoms with Crippen LogP contribution in [0.25, 0.3) is 0 Å². The van der Waals surface area contributed by atoms with Crippen LogP contribution in [0.2, 0.25) is 0 Å². The van der Waals surface area contributed by atoms with Crippen LogP contribution in [0.4, 0.5) is 0 Å². The van der Waals surface area contributed by atoms with Gasteiger partial charge >= 0.3 is 5.97 Å². The summed E-state index contributed by atoms with van der Waals surface area (Å²) in [6.07, 6.45) is -1.23. The van der Waals surface area contributed by atoms with Crippen LogP contribution in [-0.4, -0.2) is 48.5 Å². The van der Waals surface area contributed by atoms with Crippen LogP contribution in [0.5, 0.6) is 11.5 Å². The Labute approximate surface area is 116 Å². The molecule has 0 aromatic heterocycles. The SMILES string of the molecule is COc1ccc(OC)c(C(=O)N[C@H](C(=O)O)[C@@H](C)O)c1. The lowest BCUT2D eigenvalue weighted by Crippen LogP contribution is -2.47. The van der Waals surface area contributed by atoms with Gasteiger partial charge in [-0.25, -0.2) is 4.79 Å². The number of carbonyl (C=O) groups is 2. The minimum atomic E-state index is -1.40. The normalized spacial score (nSPS) is 13.2. The molecule has 1 amide bonds. The van der Waals surface area contributed by atoms with Crippen molar-refractivity contribution in [2.45, 2.75) is 19.1 Å². The quantitative estimate of drug-likeness (QED) is 0.692. The number of amides is 1. The number of aliphatic hydroxyl groups excluding tert-OH is 1. The van der Waals surface area contributed by atoms with E-state index in [1.54, 1.807) is 6.07 Å². The summed E-state index contributed by atoms with van der Waals surface area (Å²) >= 11 is 0. The smallest absolute Gasteiger partial charge is 0.328 e. The molecular weight excluding hydrogens is 266 g/mol. The highest BCUT2D eigenvalue weighted by molar-refractivity contribution is 5.99. The van der Waals surface area contributed by atoms with Crippen LogP contribution in [-0.2, 0) is 4.79 Å². The van der Waals surface area contributed by atoms with Crippen LogP contribution >= 0.6 is 0 Å². The number of aliphatic hydroxyl groups is 1. The fourth-order valence-electron chi connectivity index (χ4n) is 1.60. The van der Waals surface area contributed by atoms with E-state index in [0.29, 0.717) is 5.75 Å². The van der Waals surface area contributed by atoms with Gasteiger partial charge in [0.15, 0.2) is 6.04 Å². The third-order valence-corrected chi connectivity index (χ3v) is 2.69. The fourth-order valence-corrected chi connectivity index (χ4v) is 1.60. The Bertz CT molecular complexity index is 500. The van der Waals surface area contributed by atoms with E-state index in [0.717, 1.165) is 0 Å². The first-order chi connectivity index (χ1) is 9.40. The Morgan fingerprint density at radius 1 is 1.25 bits per heavy atom. The maximum atomic E-state index is 12.1. The van der Waals surface area contributed by atoms with Crippen LogP contribution in [0.3, 0.4) is 0 Å². The molecule has 1 rings (SSSR count). The molecule has 20 heavy (non-hydrogen) atoms. The van der Waals surface area contributed by atoms with Gasteiger partial charge in [0.25, 0.3) is 5.91 Å². The highest BCUT2D eigenvalue weighted by Crippen LogP contribution is 2.23. The molecule has 1 aromatic rings. The van der Waals surface area contributed by atoms with Crippen molar-refractivity contribution in [3.63, 3.8) is 0 Å². The summed E-state index contributed by atoms with van der Waals surface area (Å²) < 4.78 is 10.0. The highest BCUT2D eigenvalue weighted by Gasteiger charge is 2.26. The Morgan fingerprint density at radius 2 is 1.90 bits per heavy atom. The third kappa shape index (κ3) is 3.61. The van der Waals surface area contributed by atoms with E-state index >= 15 is 0 Å². The van der Waals surface area contributed by atoms with E-state index in [1.165, 1.54) is 33.3 Å². The lowest BCUT2D eigenvalue weighted by molar-refractivity contribution is -0.141. The minimum Gasteiger partial charge on any atom is -0.497 e. The number of carboxylic acids is 1. The van der Waals surface area contributed by atoms with Crippen LogP contribution in [0.1, 0.15) is 17.3 Å². The summed E-state index contributed by atoms with van der Waals surface area (Å²) in [6.45, 7) is 1.28. The number of benzene rings is 1. The van der Waals surface area contributed by atoms with Crippen molar-refractivity contribution in [2.75, 3.05) is 14.2 Å². The number of aliphatic carboxylic acids is 1. The molecule has 7 heteroatoms. The summed E-state index contributed by atoms with van der Waals surface area (Å²) in [4.78, 5) is 23.0. The van der Waals surface area contributed by atoms with Gasteiger partial charge in [0.1, 0.15) is 11.5 Å². The van der Waals surface area contributed by atoms with Crippen LogP contribution in [0, 0.1) is 0 Å².